The molecule has 0 fully saturated rings. The SMILES string of the molecule is Cc1cccc(N(C)c2nnccc2C(=N)N)c1. The number of aromatic nitrogens is 2. The predicted octanol–water partition coefficient (Wildman–Crippen LogP) is 1.84. The van der Waals surface area contributed by atoms with E-state index in [1.165, 1.54) is 6.20 Å². The number of benzene rings is 1. The van der Waals surface area contributed by atoms with Crippen LogP contribution in [-0.2, 0) is 0 Å². The van der Waals surface area contributed by atoms with E-state index in [9.17, 15) is 0 Å². The van der Waals surface area contributed by atoms with Crippen molar-refractivity contribution in [2.24, 2.45) is 5.73 Å². The van der Waals surface area contributed by atoms with E-state index in [4.69, 9.17) is 11.1 Å². The molecular weight excluding hydrogens is 226 g/mol. The largest absolute Gasteiger partial charge is 0.384 e. The Morgan fingerprint density at radius 3 is 2.78 bits per heavy atom. The Balaban J connectivity index is 2.46. The molecule has 0 amide bonds. The number of nitrogens with one attached hydrogen (secondary N) is 1. The lowest BCUT2D eigenvalue weighted by Crippen LogP contribution is -2.20. The van der Waals surface area contributed by atoms with Crippen LogP contribution in [0.1, 0.15) is 11.1 Å². The Kier molecular flexibility index (Phi) is 3.23. The van der Waals surface area contributed by atoms with E-state index in [2.05, 4.69) is 10.2 Å². The van der Waals surface area contributed by atoms with Gasteiger partial charge in [0.25, 0.3) is 0 Å². The summed E-state index contributed by atoms with van der Waals surface area (Å²) in [6.07, 6.45) is 1.53. The maximum absolute atomic E-state index is 7.56. The molecule has 18 heavy (non-hydrogen) atoms. The van der Waals surface area contributed by atoms with Crippen molar-refractivity contribution in [1.29, 1.82) is 5.41 Å². The lowest BCUT2D eigenvalue weighted by Gasteiger charge is -2.20. The van der Waals surface area contributed by atoms with Crippen LogP contribution in [0, 0.1) is 12.3 Å². The Morgan fingerprint density at radius 1 is 1.33 bits per heavy atom. The van der Waals surface area contributed by atoms with Gasteiger partial charge in [0, 0.05) is 12.7 Å². The van der Waals surface area contributed by atoms with Gasteiger partial charge in [-0.15, -0.1) is 5.10 Å². The molecule has 0 bridgehead atoms. The van der Waals surface area contributed by atoms with Gasteiger partial charge in [0.1, 0.15) is 5.84 Å². The molecule has 3 N–H and O–H groups in total. The minimum Gasteiger partial charge on any atom is -0.384 e. The smallest absolute Gasteiger partial charge is 0.166 e. The third kappa shape index (κ3) is 2.29. The molecule has 0 saturated heterocycles. The minimum absolute atomic E-state index is 0.0144. The average Bonchev–Trinajstić information content (AvgIpc) is 2.38. The second-order valence-electron chi connectivity index (χ2n) is 4.08. The van der Waals surface area contributed by atoms with E-state index in [0.717, 1.165) is 11.3 Å². The van der Waals surface area contributed by atoms with Gasteiger partial charge in [-0.05, 0) is 30.7 Å². The van der Waals surface area contributed by atoms with Crippen LogP contribution >= 0.6 is 0 Å². The normalized spacial score (nSPS) is 10.1. The first-order valence-corrected chi connectivity index (χ1v) is 5.56. The van der Waals surface area contributed by atoms with Crippen molar-refractivity contribution in [2.45, 2.75) is 6.92 Å². The van der Waals surface area contributed by atoms with Gasteiger partial charge in [0.2, 0.25) is 0 Å². The molecule has 0 atom stereocenters. The molecule has 0 aliphatic carbocycles. The van der Waals surface area contributed by atoms with Crippen LogP contribution in [0.5, 0.6) is 0 Å². The van der Waals surface area contributed by atoms with Crippen LogP contribution in [0.3, 0.4) is 0 Å². The van der Waals surface area contributed by atoms with Gasteiger partial charge in [-0.25, -0.2) is 0 Å². The number of nitrogens with two attached hydrogens (primary N) is 1. The predicted molar refractivity (Wildman–Crippen MR) is 72.3 cm³/mol. The van der Waals surface area contributed by atoms with Crippen LogP contribution in [0.4, 0.5) is 11.5 Å². The van der Waals surface area contributed by atoms with Gasteiger partial charge in [-0.3, -0.25) is 5.41 Å². The Hall–Kier alpha value is -2.43. The van der Waals surface area contributed by atoms with E-state index >= 15 is 0 Å². The third-order valence-corrected chi connectivity index (χ3v) is 2.70. The van der Waals surface area contributed by atoms with Crippen molar-refractivity contribution >= 4 is 17.3 Å². The zero-order valence-corrected chi connectivity index (χ0v) is 10.4. The van der Waals surface area contributed by atoms with Crippen molar-refractivity contribution in [2.75, 3.05) is 11.9 Å². The summed E-state index contributed by atoms with van der Waals surface area (Å²) >= 11 is 0. The first kappa shape index (κ1) is 12.0. The highest BCUT2D eigenvalue weighted by molar-refractivity contribution is 6.00. The number of nitrogen functional groups attached to an aromatic ring is 1. The maximum Gasteiger partial charge on any atom is 0.166 e. The molecule has 0 aliphatic heterocycles. The van der Waals surface area contributed by atoms with E-state index in [-0.39, 0.29) is 5.84 Å². The van der Waals surface area contributed by atoms with E-state index in [1.54, 1.807) is 6.07 Å². The van der Waals surface area contributed by atoms with Crippen molar-refractivity contribution < 1.29 is 0 Å². The molecule has 92 valence electrons. The van der Waals surface area contributed by atoms with Crippen molar-refractivity contribution in [3.05, 3.63) is 47.7 Å². The van der Waals surface area contributed by atoms with Gasteiger partial charge >= 0.3 is 0 Å². The number of nitrogens with zero attached hydrogens (tertiary/aromatic N) is 3. The highest BCUT2D eigenvalue weighted by atomic mass is 15.2. The molecule has 0 radical (unpaired) electrons. The second-order valence-corrected chi connectivity index (χ2v) is 4.08. The number of aryl methyl sites for hydroxylation is 1. The summed E-state index contributed by atoms with van der Waals surface area (Å²) in [7, 11) is 1.88. The van der Waals surface area contributed by atoms with Crippen molar-refractivity contribution in [3.8, 4) is 0 Å². The van der Waals surface area contributed by atoms with Crippen molar-refractivity contribution in [3.63, 3.8) is 0 Å². The molecule has 0 saturated carbocycles. The topological polar surface area (TPSA) is 78.9 Å². The highest BCUT2D eigenvalue weighted by Crippen LogP contribution is 2.24. The molecular formula is C13H15N5. The Bertz CT molecular complexity index is 579. The number of amidine groups is 1. The molecule has 2 aromatic rings. The molecule has 0 aliphatic rings. The quantitative estimate of drug-likeness (QED) is 0.634. The lowest BCUT2D eigenvalue weighted by atomic mass is 10.2. The summed E-state index contributed by atoms with van der Waals surface area (Å²) in [5.41, 5.74) is 8.27. The van der Waals surface area contributed by atoms with Crippen LogP contribution in [-0.4, -0.2) is 23.1 Å². The van der Waals surface area contributed by atoms with Gasteiger partial charge < -0.3 is 10.6 Å². The maximum atomic E-state index is 7.56. The molecule has 5 heteroatoms. The molecule has 2 rings (SSSR count). The average molecular weight is 241 g/mol. The van der Waals surface area contributed by atoms with Crippen LogP contribution in [0.2, 0.25) is 0 Å². The molecule has 0 unspecified atom stereocenters. The molecule has 1 aromatic heterocycles. The lowest BCUT2D eigenvalue weighted by molar-refractivity contribution is 0.981. The van der Waals surface area contributed by atoms with E-state index in [0.29, 0.717) is 11.4 Å². The van der Waals surface area contributed by atoms with Crippen LogP contribution in [0.25, 0.3) is 0 Å². The first-order valence-electron chi connectivity index (χ1n) is 5.56. The van der Waals surface area contributed by atoms with Crippen LogP contribution in [0.15, 0.2) is 36.5 Å². The summed E-state index contributed by atoms with van der Waals surface area (Å²) in [6.45, 7) is 2.03. The summed E-state index contributed by atoms with van der Waals surface area (Å²) in [5, 5.41) is 15.5. The Labute approximate surface area is 106 Å². The summed E-state index contributed by atoms with van der Waals surface area (Å²) < 4.78 is 0. The fourth-order valence-electron chi connectivity index (χ4n) is 1.74. The van der Waals surface area contributed by atoms with Gasteiger partial charge in [0.15, 0.2) is 5.82 Å². The van der Waals surface area contributed by atoms with Crippen LogP contribution < -0.4 is 10.6 Å². The van der Waals surface area contributed by atoms with E-state index < -0.39 is 0 Å². The van der Waals surface area contributed by atoms with Gasteiger partial charge in [-0.1, -0.05) is 12.1 Å². The zero-order valence-electron chi connectivity index (χ0n) is 10.4. The monoisotopic (exact) mass is 241 g/mol. The van der Waals surface area contributed by atoms with Crippen molar-refractivity contribution in [1.82, 2.24) is 10.2 Å². The third-order valence-electron chi connectivity index (χ3n) is 2.70. The minimum atomic E-state index is -0.0144. The highest BCUT2D eigenvalue weighted by Gasteiger charge is 2.13. The van der Waals surface area contributed by atoms with E-state index in [1.807, 2.05) is 43.1 Å². The zero-order chi connectivity index (χ0) is 13.1. The first-order chi connectivity index (χ1) is 8.59. The van der Waals surface area contributed by atoms with Gasteiger partial charge in [0.05, 0.1) is 11.8 Å². The summed E-state index contributed by atoms with van der Waals surface area (Å²) in [5.74, 6) is 0.565. The number of hydrogen-bond donors (Lipinski definition) is 2. The fourth-order valence-corrected chi connectivity index (χ4v) is 1.74. The fraction of sp³-hybridized carbons (Fsp3) is 0.154. The number of rotatable bonds is 3. The standard InChI is InChI=1S/C13H15N5/c1-9-4-3-5-10(8-9)18(2)13-11(12(14)15)6-7-16-17-13/h3-8H,1-2H3,(H3,14,15). The number of anilines is 2. The number of hydrogen-bond acceptors (Lipinski definition) is 4. The molecule has 0 spiro atoms. The summed E-state index contributed by atoms with van der Waals surface area (Å²) in [6, 6.07) is 9.71. The molecule has 5 nitrogen and oxygen atoms in total. The Morgan fingerprint density at radius 2 is 2.11 bits per heavy atom. The molecule has 1 aromatic carbocycles. The molecule has 1 heterocycles. The second kappa shape index (κ2) is 4.83. The van der Waals surface area contributed by atoms with Gasteiger partial charge in [-0.2, -0.15) is 5.10 Å². The summed E-state index contributed by atoms with van der Waals surface area (Å²) in [4.78, 5) is 1.87.